The Morgan fingerprint density at radius 2 is 2.16 bits per heavy atom. The summed E-state index contributed by atoms with van der Waals surface area (Å²) in [6.45, 7) is 5.43. The van der Waals surface area contributed by atoms with Crippen LogP contribution in [0.4, 0.5) is 4.39 Å². The molecule has 2 unspecified atom stereocenters. The van der Waals surface area contributed by atoms with Crippen molar-refractivity contribution in [1.29, 1.82) is 0 Å². The van der Waals surface area contributed by atoms with E-state index in [4.69, 9.17) is 11.6 Å². The van der Waals surface area contributed by atoms with Gasteiger partial charge in [-0.05, 0) is 55.7 Å². The van der Waals surface area contributed by atoms with Crippen LogP contribution in [0.5, 0.6) is 0 Å². The maximum absolute atomic E-state index is 14.0. The lowest BCUT2D eigenvalue weighted by molar-refractivity contribution is 0.337. The smallest absolute Gasteiger partial charge is 0.145 e. The van der Waals surface area contributed by atoms with Gasteiger partial charge in [0, 0.05) is 6.04 Å². The molecule has 0 aromatic heterocycles. The third-order valence-corrected chi connectivity index (χ3v) is 4.42. The van der Waals surface area contributed by atoms with Gasteiger partial charge in [0.15, 0.2) is 0 Å². The maximum atomic E-state index is 14.0. The topological polar surface area (TPSA) is 12.0 Å². The van der Waals surface area contributed by atoms with E-state index in [1.54, 1.807) is 6.07 Å². The van der Waals surface area contributed by atoms with E-state index >= 15 is 0 Å². The monoisotopic (exact) mass is 283 g/mol. The first-order valence-corrected chi connectivity index (χ1v) is 7.67. The lowest BCUT2D eigenvalue weighted by atomic mass is 9.91. The van der Waals surface area contributed by atoms with Crippen LogP contribution in [-0.2, 0) is 6.42 Å². The standard InChI is InChI=1S/C16H23ClFN/c1-3-9-19-15(11(2)12-7-8-12)10-13-5-4-6-14(17)16(13)18/h4-6,11-12,15,19H,3,7-10H2,1-2H3. The number of hydrogen-bond donors (Lipinski definition) is 1. The van der Waals surface area contributed by atoms with Gasteiger partial charge in [-0.15, -0.1) is 0 Å². The highest BCUT2D eigenvalue weighted by Crippen LogP contribution is 2.39. The molecule has 0 spiro atoms. The van der Waals surface area contributed by atoms with Gasteiger partial charge in [-0.3, -0.25) is 0 Å². The molecule has 0 heterocycles. The molecule has 19 heavy (non-hydrogen) atoms. The van der Waals surface area contributed by atoms with Crippen molar-refractivity contribution in [2.45, 2.75) is 45.6 Å². The Hall–Kier alpha value is -0.600. The van der Waals surface area contributed by atoms with Crippen molar-refractivity contribution < 1.29 is 4.39 Å². The highest BCUT2D eigenvalue weighted by molar-refractivity contribution is 6.30. The summed E-state index contributed by atoms with van der Waals surface area (Å²) in [5.74, 6) is 1.16. The summed E-state index contributed by atoms with van der Waals surface area (Å²) in [6, 6.07) is 5.64. The average molecular weight is 284 g/mol. The van der Waals surface area contributed by atoms with Crippen LogP contribution in [0.15, 0.2) is 18.2 Å². The van der Waals surface area contributed by atoms with Gasteiger partial charge >= 0.3 is 0 Å². The van der Waals surface area contributed by atoms with Crippen LogP contribution in [0, 0.1) is 17.7 Å². The van der Waals surface area contributed by atoms with E-state index < -0.39 is 0 Å². The molecule has 1 aromatic carbocycles. The van der Waals surface area contributed by atoms with Crippen LogP contribution in [0.2, 0.25) is 5.02 Å². The summed E-state index contributed by atoms with van der Waals surface area (Å²) in [7, 11) is 0. The second-order valence-corrected chi connectivity index (χ2v) is 6.08. The molecule has 2 rings (SSSR count). The normalized spacial score (nSPS) is 18.3. The van der Waals surface area contributed by atoms with E-state index in [0.29, 0.717) is 12.0 Å². The van der Waals surface area contributed by atoms with Crippen molar-refractivity contribution in [2.24, 2.45) is 11.8 Å². The predicted molar refractivity (Wildman–Crippen MR) is 79.1 cm³/mol. The quantitative estimate of drug-likeness (QED) is 0.780. The van der Waals surface area contributed by atoms with E-state index in [9.17, 15) is 4.39 Å². The zero-order valence-corrected chi connectivity index (χ0v) is 12.5. The summed E-state index contributed by atoms with van der Waals surface area (Å²) in [6.07, 6.45) is 4.48. The van der Waals surface area contributed by atoms with E-state index in [1.165, 1.54) is 12.8 Å². The summed E-state index contributed by atoms with van der Waals surface area (Å²) in [4.78, 5) is 0. The van der Waals surface area contributed by atoms with Crippen molar-refractivity contribution in [2.75, 3.05) is 6.54 Å². The maximum Gasteiger partial charge on any atom is 0.145 e. The average Bonchev–Trinajstić information content (AvgIpc) is 3.23. The number of nitrogens with one attached hydrogen (secondary N) is 1. The largest absolute Gasteiger partial charge is 0.313 e. The number of halogens is 2. The summed E-state index contributed by atoms with van der Waals surface area (Å²) >= 11 is 5.86. The Morgan fingerprint density at radius 3 is 2.79 bits per heavy atom. The number of hydrogen-bond acceptors (Lipinski definition) is 1. The second-order valence-electron chi connectivity index (χ2n) is 5.67. The lowest BCUT2D eigenvalue weighted by Crippen LogP contribution is -2.38. The first kappa shape index (κ1) is 14.8. The minimum absolute atomic E-state index is 0.228. The third-order valence-electron chi connectivity index (χ3n) is 4.13. The molecule has 0 radical (unpaired) electrons. The minimum atomic E-state index is -0.254. The van der Waals surface area contributed by atoms with Crippen molar-refractivity contribution in [1.82, 2.24) is 5.32 Å². The van der Waals surface area contributed by atoms with E-state index in [0.717, 1.165) is 30.9 Å². The molecular formula is C16H23ClFN. The predicted octanol–water partition coefficient (Wildman–Crippen LogP) is 4.44. The molecule has 0 amide bonds. The van der Waals surface area contributed by atoms with Crippen molar-refractivity contribution >= 4 is 11.6 Å². The molecule has 106 valence electrons. The van der Waals surface area contributed by atoms with Gasteiger partial charge in [-0.2, -0.15) is 0 Å². The van der Waals surface area contributed by atoms with Gasteiger partial charge in [0.05, 0.1) is 5.02 Å². The highest BCUT2D eigenvalue weighted by Gasteiger charge is 2.33. The molecule has 1 aliphatic rings. The van der Waals surface area contributed by atoms with Crippen LogP contribution in [0.3, 0.4) is 0 Å². The van der Waals surface area contributed by atoms with Gasteiger partial charge in [-0.25, -0.2) is 4.39 Å². The molecule has 1 nitrogen and oxygen atoms in total. The van der Waals surface area contributed by atoms with Crippen molar-refractivity contribution in [3.63, 3.8) is 0 Å². The molecule has 2 atom stereocenters. The zero-order chi connectivity index (χ0) is 13.8. The van der Waals surface area contributed by atoms with Gasteiger partial charge in [0.2, 0.25) is 0 Å². The fourth-order valence-electron chi connectivity index (χ4n) is 2.67. The first-order chi connectivity index (χ1) is 9.13. The molecule has 0 bridgehead atoms. The first-order valence-electron chi connectivity index (χ1n) is 7.29. The second kappa shape index (κ2) is 6.71. The van der Waals surface area contributed by atoms with Gasteiger partial charge < -0.3 is 5.32 Å². The SMILES string of the molecule is CCCNC(Cc1cccc(Cl)c1F)C(C)C1CC1. The van der Waals surface area contributed by atoms with E-state index in [-0.39, 0.29) is 10.8 Å². The van der Waals surface area contributed by atoms with Crippen LogP contribution >= 0.6 is 11.6 Å². The number of benzene rings is 1. The minimum Gasteiger partial charge on any atom is -0.313 e. The Kier molecular flexibility index (Phi) is 5.23. The lowest BCUT2D eigenvalue weighted by Gasteiger charge is -2.25. The third kappa shape index (κ3) is 3.93. The summed E-state index contributed by atoms with van der Waals surface area (Å²) < 4.78 is 14.0. The highest BCUT2D eigenvalue weighted by atomic mass is 35.5. The Bertz CT molecular complexity index is 417. The fraction of sp³-hybridized carbons (Fsp3) is 0.625. The van der Waals surface area contributed by atoms with Crippen LogP contribution in [-0.4, -0.2) is 12.6 Å². The molecule has 1 aromatic rings. The summed E-state index contributed by atoms with van der Waals surface area (Å²) in [5, 5.41) is 3.80. The molecule has 1 fully saturated rings. The molecule has 1 saturated carbocycles. The van der Waals surface area contributed by atoms with Crippen molar-refractivity contribution in [3.05, 3.63) is 34.6 Å². The summed E-state index contributed by atoms with van der Waals surface area (Å²) in [5.41, 5.74) is 0.730. The molecular weight excluding hydrogens is 261 g/mol. The van der Waals surface area contributed by atoms with Crippen molar-refractivity contribution in [3.8, 4) is 0 Å². The van der Waals surface area contributed by atoms with Gasteiger partial charge in [-0.1, -0.05) is 37.6 Å². The molecule has 0 saturated heterocycles. The Balaban J connectivity index is 2.07. The van der Waals surface area contributed by atoms with Crippen LogP contribution in [0.1, 0.15) is 38.7 Å². The van der Waals surface area contributed by atoms with E-state index in [1.807, 2.05) is 12.1 Å². The Morgan fingerprint density at radius 1 is 1.42 bits per heavy atom. The molecule has 1 N–H and O–H groups in total. The number of rotatable bonds is 7. The molecule has 1 aliphatic carbocycles. The molecule has 0 aliphatic heterocycles. The van der Waals surface area contributed by atoms with Crippen LogP contribution in [0.25, 0.3) is 0 Å². The zero-order valence-electron chi connectivity index (χ0n) is 11.8. The van der Waals surface area contributed by atoms with Gasteiger partial charge in [0.1, 0.15) is 5.82 Å². The van der Waals surface area contributed by atoms with Gasteiger partial charge in [0.25, 0.3) is 0 Å². The Labute approximate surface area is 120 Å². The van der Waals surface area contributed by atoms with Crippen LogP contribution < -0.4 is 5.32 Å². The van der Waals surface area contributed by atoms with E-state index in [2.05, 4.69) is 19.2 Å². The fourth-order valence-corrected chi connectivity index (χ4v) is 2.86. The molecule has 3 heteroatoms.